The van der Waals surface area contributed by atoms with Gasteiger partial charge in [-0.25, -0.2) is 4.98 Å². The molecule has 0 saturated heterocycles. The number of nitrogens with one attached hydrogen (secondary N) is 2. The van der Waals surface area contributed by atoms with Crippen molar-refractivity contribution in [3.63, 3.8) is 0 Å². The Morgan fingerprint density at radius 1 is 1.16 bits per heavy atom. The van der Waals surface area contributed by atoms with Crippen molar-refractivity contribution in [3.05, 3.63) is 54.4 Å². The molecular formula is C15H13N3O. The Balaban J connectivity index is 1.99. The Morgan fingerprint density at radius 2 is 1.95 bits per heavy atom. The molecule has 1 aromatic carbocycles. The van der Waals surface area contributed by atoms with E-state index in [1.165, 1.54) is 0 Å². The molecule has 94 valence electrons. The topological polar surface area (TPSA) is 57.8 Å². The van der Waals surface area contributed by atoms with E-state index in [0.717, 1.165) is 22.2 Å². The van der Waals surface area contributed by atoms with Crippen molar-refractivity contribution in [2.45, 2.75) is 0 Å². The van der Waals surface area contributed by atoms with Gasteiger partial charge in [0.2, 0.25) is 0 Å². The first-order valence-electron chi connectivity index (χ1n) is 6.03. The Kier molecular flexibility index (Phi) is 2.76. The maximum absolute atomic E-state index is 11.5. The Labute approximate surface area is 110 Å². The summed E-state index contributed by atoms with van der Waals surface area (Å²) in [5.74, 6) is -0.0780. The van der Waals surface area contributed by atoms with Gasteiger partial charge in [0.05, 0.1) is 0 Å². The average molecular weight is 251 g/mol. The van der Waals surface area contributed by atoms with Crippen LogP contribution in [-0.4, -0.2) is 22.9 Å². The fraction of sp³-hybridized carbons (Fsp3) is 0.0667. The summed E-state index contributed by atoms with van der Waals surface area (Å²) in [6, 6.07) is 11.6. The van der Waals surface area contributed by atoms with Crippen molar-refractivity contribution in [2.75, 3.05) is 7.05 Å². The molecule has 0 radical (unpaired) electrons. The zero-order chi connectivity index (χ0) is 13.2. The van der Waals surface area contributed by atoms with Crippen LogP contribution in [0.5, 0.6) is 0 Å². The quantitative estimate of drug-likeness (QED) is 0.735. The van der Waals surface area contributed by atoms with Crippen LogP contribution in [-0.2, 0) is 0 Å². The maximum atomic E-state index is 11.5. The summed E-state index contributed by atoms with van der Waals surface area (Å²) in [6.07, 6.45) is 3.70. The van der Waals surface area contributed by atoms with Crippen LogP contribution in [0.4, 0.5) is 0 Å². The Hall–Kier alpha value is -2.62. The van der Waals surface area contributed by atoms with Gasteiger partial charge < -0.3 is 10.3 Å². The average Bonchev–Trinajstić information content (AvgIpc) is 2.94. The van der Waals surface area contributed by atoms with E-state index in [4.69, 9.17) is 0 Å². The SMILES string of the molecule is CNC(=O)c1ccc(-c2cnc3[nH]ccc3c2)cc1. The highest BCUT2D eigenvalue weighted by atomic mass is 16.1. The number of hydrogen-bond donors (Lipinski definition) is 2. The highest BCUT2D eigenvalue weighted by molar-refractivity contribution is 5.94. The van der Waals surface area contributed by atoms with Gasteiger partial charge >= 0.3 is 0 Å². The first-order chi connectivity index (χ1) is 9.28. The van der Waals surface area contributed by atoms with E-state index in [9.17, 15) is 4.79 Å². The molecule has 3 aromatic rings. The minimum Gasteiger partial charge on any atom is -0.355 e. The van der Waals surface area contributed by atoms with E-state index in [-0.39, 0.29) is 5.91 Å². The van der Waals surface area contributed by atoms with Gasteiger partial charge in [-0.2, -0.15) is 0 Å². The zero-order valence-corrected chi connectivity index (χ0v) is 10.5. The minimum atomic E-state index is -0.0780. The highest BCUT2D eigenvalue weighted by Crippen LogP contribution is 2.22. The number of fused-ring (bicyclic) bond motifs is 1. The first-order valence-corrected chi connectivity index (χ1v) is 6.03. The predicted molar refractivity (Wildman–Crippen MR) is 74.9 cm³/mol. The lowest BCUT2D eigenvalue weighted by molar-refractivity contribution is 0.0963. The smallest absolute Gasteiger partial charge is 0.251 e. The van der Waals surface area contributed by atoms with Gasteiger partial charge in [-0.15, -0.1) is 0 Å². The van der Waals surface area contributed by atoms with Crippen molar-refractivity contribution in [1.82, 2.24) is 15.3 Å². The molecule has 0 unspecified atom stereocenters. The number of amides is 1. The molecule has 1 amide bonds. The first kappa shape index (κ1) is 11.5. The summed E-state index contributed by atoms with van der Waals surface area (Å²) in [5.41, 5.74) is 3.62. The lowest BCUT2D eigenvalue weighted by Crippen LogP contribution is -2.17. The van der Waals surface area contributed by atoms with Gasteiger partial charge in [0, 0.05) is 36.0 Å². The monoisotopic (exact) mass is 251 g/mol. The highest BCUT2D eigenvalue weighted by Gasteiger charge is 2.05. The van der Waals surface area contributed by atoms with Gasteiger partial charge in [0.15, 0.2) is 0 Å². The summed E-state index contributed by atoms with van der Waals surface area (Å²) in [7, 11) is 1.62. The van der Waals surface area contributed by atoms with Crippen molar-refractivity contribution in [2.24, 2.45) is 0 Å². The number of aromatic amines is 1. The third kappa shape index (κ3) is 2.08. The molecule has 0 spiro atoms. The third-order valence-corrected chi connectivity index (χ3v) is 3.11. The second-order valence-corrected chi connectivity index (χ2v) is 4.30. The van der Waals surface area contributed by atoms with Gasteiger partial charge in [-0.05, 0) is 29.8 Å². The molecule has 0 aliphatic carbocycles. The van der Waals surface area contributed by atoms with E-state index in [1.54, 1.807) is 7.05 Å². The Morgan fingerprint density at radius 3 is 2.68 bits per heavy atom. The van der Waals surface area contributed by atoms with Crippen LogP contribution in [0.1, 0.15) is 10.4 Å². The molecule has 0 bridgehead atoms. The van der Waals surface area contributed by atoms with Gasteiger partial charge in [0.1, 0.15) is 5.65 Å². The summed E-state index contributed by atoms with van der Waals surface area (Å²) >= 11 is 0. The minimum absolute atomic E-state index is 0.0780. The molecule has 3 rings (SSSR count). The number of benzene rings is 1. The van der Waals surface area contributed by atoms with Crippen LogP contribution in [0.3, 0.4) is 0 Å². The standard InChI is InChI=1S/C15H13N3O/c1-16-15(19)11-4-2-10(3-5-11)13-8-12-6-7-17-14(12)18-9-13/h2-9H,1H3,(H,16,19)(H,17,18). The molecule has 0 atom stereocenters. The largest absolute Gasteiger partial charge is 0.355 e. The molecule has 0 aliphatic heterocycles. The summed E-state index contributed by atoms with van der Waals surface area (Å²) < 4.78 is 0. The molecule has 0 aliphatic rings. The molecule has 2 aromatic heterocycles. The molecule has 0 fully saturated rings. The second kappa shape index (κ2) is 4.57. The molecular weight excluding hydrogens is 238 g/mol. The maximum Gasteiger partial charge on any atom is 0.251 e. The Bertz CT molecular complexity index is 728. The van der Waals surface area contributed by atoms with Crippen molar-refractivity contribution in [3.8, 4) is 11.1 Å². The molecule has 2 N–H and O–H groups in total. The third-order valence-electron chi connectivity index (χ3n) is 3.11. The molecule has 0 saturated carbocycles. The van der Waals surface area contributed by atoms with Crippen LogP contribution in [0.15, 0.2) is 48.8 Å². The summed E-state index contributed by atoms with van der Waals surface area (Å²) in [5, 5.41) is 3.68. The number of pyridine rings is 1. The van der Waals surface area contributed by atoms with Gasteiger partial charge in [-0.3, -0.25) is 4.79 Å². The van der Waals surface area contributed by atoms with E-state index >= 15 is 0 Å². The fourth-order valence-corrected chi connectivity index (χ4v) is 2.06. The van der Waals surface area contributed by atoms with Crippen molar-refractivity contribution >= 4 is 16.9 Å². The predicted octanol–water partition coefficient (Wildman–Crippen LogP) is 2.59. The number of rotatable bonds is 2. The normalized spacial score (nSPS) is 10.6. The van der Waals surface area contributed by atoms with Crippen molar-refractivity contribution in [1.29, 1.82) is 0 Å². The number of carbonyl (C=O) groups excluding carboxylic acids is 1. The number of H-pyrrole nitrogens is 1. The summed E-state index contributed by atoms with van der Waals surface area (Å²) in [4.78, 5) is 18.9. The number of nitrogens with zero attached hydrogens (tertiary/aromatic N) is 1. The lowest BCUT2D eigenvalue weighted by atomic mass is 10.0. The second-order valence-electron chi connectivity index (χ2n) is 4.30. The molecule has 19 heavy (non-hydrogen) atoms. The number of carbonyl (C=O) groups is 1. The van der Waals surface area contributed by atoms with Gasteiger partial charge in [-0.1, -0.05) is 12.1 Å². The van der Waals surface area contributed by atoms with Crippen molar-refractivity contribution < 1.29 is 4.79 Å². The van der Waals surface area contributed by atoms with Crippen LogP contribution in [0, 0.1) is 0 Å². The van der Waals surface area contributed by atoms with Crippen LogP contribution < -0.4 is 5.32 Å². The molecule has 4 nitrogen and oxygen atoms in total. The van der Waals surface area contributed by atoms with Crippen LogP contribution in [0.25, 0.3) is 22.2 Å². The van der Waals surface area contributed by atoms with E-state index in [1.807, 2.05) is 42.7 Å². The van der Waals surface area contributed by atoms with Gasteiger partial charge in [0.25, 0.3) is 5.91 Å². The van der Waals surface area contributed by atoms with E-state index in [0.29, 0.717) is 5.56 Å². The van der Waals surface area contributed by atoms with E-state index < -0.39 is 0 Å². The van der Waals surface area contributed by atoms with Crippen LogP contribution >= 0.6 is 0 Å². The zero-order valence-electron chi connectivity index (χ0n) is 10.5. The molecule has 4 heteroatoms. The lowest BCUT2D eigenvalue weighted by Gasteiger charge is -2.03. The number of hydrogen-bond acceptors (Lipinski definition) is 2. The molecule has 2 heterocycles. The van der Waals surface area contributed by atoms with E-state index in [2.05, 4.69) is 21.4 Å². The number of aromatic nitrogens is 2. The fourth-order valence-electron chi connectivity index (χ4n) is 2.06. The van der Waals surface area contributed by atoms with Crippen LogP contribution in [0.2, 0.25) is 0 Å². The summed E-state index contributed by atoms with van der Waals surface area (Å²) in [6.45, 7) is 0.